The second-order valence-electron chi connectivity index (χ2n) is 9.15. The van der Waals surface area contributed by atoms with Crippen LogP contribution in [-0.2, 0) is 6.42 Å². The maximum absolute atomic E-state index is 14.3. The highest BCUT2D eigenvalue weighted by Gasteiger charge is 2.42. The van der Waals surface area contributed by atoms with Gasteiger partial charge in [-0.1, -0.05) is 72.8 Å². The van der Waals surface area contributed by atoms with Crippen LogP contribution in [0, 0.1) is 12.8 Å². The van der Waals surface area contributed by atoms with E-state index in [4.69, 9.17) is 5.10 Å². The van der Waals surface area contributed by atoms with Crippen LogP contribution in [0.4, 0.5) is 0 Å². The lowest BCUT2D eigenvalue weighted by atomic mass is 9.89. The quantitative estimate of drug-likeness (QED) is 0.396. The summed E-state index contributed by atoms with van der Waals surface area (Å²) in [6.07, 6.45) is 3.28. The Morgan fingerprint density at radius 1 is 0.879 bits per heavy atom. The molecule has 1 aliphatic carbocycles. The summed E-state index contributed by atoms with van der Waals surface area (Å²) in [5.74, 6) is 0.653. The van der Waals surface area contributed by atoms with Crippen LogP contribution in [0.5, 0.6) is 0 Å². The monoisotopic (exact) mass is 433 g/mol. The molecule has 0 bridgehead atoms. The number of fused-ring (bicyclic) bond motifs is 1. The molecule has 4 heteroatoms. The number of para-hydroxylation sites is 1. The molecule has 6 rings (SSSR count). The summed E-state index contributed by atoms with van der Waals surface area (Å²) in [5.41, 5.74) is 7.02. The minimum absolute atomic E-state index is 0.0972. The van der Waals surface area contributed by atoms with Gasteiger partial charge in [-0.2, -0.15) is 5.10 Å². The van der Waals surface area contributed by atoms with Gasteiger partial charge in [-0.15, -0.1) is 0 Å². The van der Waals surface area contributed by atoms with E-state index in [0.29, 0.717) is 5.92 Å². The minimum atomic E-state index is 0.0972. The zero-order chi connectivity index (χ0) is 22.4. The predicted molar refractivity (Wildman–Crippen MR) is 130 cm³/mol. The van der Waals surface area contributed by atoms with E-state index >= 15 is 0 Å². The van der Waals surface area contributed by atoms with Crippen molar-refractivity contribution in [2.45, 2.75) is 32.2 Å². The van der Waals surface area contributed by atoms with Crippen LogP contribution in [0.25, 0.3) is 16.9 Å². The van der Waals surface area contributed by atoms with Crippen LogP contribution in [0.2, 0.25) is 0 Å². The second-order valence-corrected chi connectivity index (χ2v) is 9.15. The van der Waals surface area contributed by atoms with E-state index in [2.05, 4.69) is 29.2 Å². The lowest BCUT2D eigenvalue weighted by Gasteiger charge is -2.38. The van der Waals surface area contributed by atoms with Gasteiger partial charge >= 0.3 is 0 Å². The van der Waals surface area contributed by atoms with Crippen LogP contribution in [-0.4, -0.2) is 27.1 Å². The Balaban J connectivity index is 1.49. The van der Waals surface area contributed by atoms with Crippen LogP contribution in [0.3, 0.4) is 0 Å². The van der Waals surface area contributed by atoms with Crippen molar-refractivity contribution in [2.24, 2.45) is 5.92 Å². The molecule has 1 unspecified atom stereocenters. The van der Waals surface area contributed by atoms with Gasteiger partial charge < -0.3 is 4.90 Å². The van der Waals surface area contributed by atoms with Gasteiger partial charge in [0.15, 0.2) is 0 Å². The largest absolute Gasteiger partial charge is 0.331 e. The van der Waals surface area contributed by atoms with E-state index in [9.17, 15) is 4.79 Å². The molecular formula is C29H27N3O. The molecule has 0 radical (unpaired) electrons. The molecule has 33 heavy (non-hydrogen) atoms. The molecule has 0 N–H and O–H groups in total. The number of hydrogen-bond acceptors (Lipinski definition) is 2. The third-order valence-electron chi connectivity index (χ3n) is 7.04. The zero-order valence-corrected chi connectivity index (χ0v) is 18.8. The van der Waals surface area contributed by atoms with Crippen LogP contribution in [0.15, 0.2) is 84.9 Å². The Morgan fingerprint density at radius 3 is 2.27 bits per heavy atom. The Labute approximate surface area is 194 Å². The van der Waals surface area contributed by atoms with Gasteiger partial charge in [0.1, 0.15) is 5.69 Å². The molecule has 1 atom stereocenters. The van der Waals surface area contributed by atoms with E-state index in [0.717, 1.165) is 41.2 Å². The third-order valence-corrected chi connectivity index (χ3v) is 7.04. The smallest absolute Gasteiger partial charge is 0.258 e. The first-order valence-corrected chi connectivity index (χ1v) is 11.8. The molecule has 2 aliphatic rings. The molecule has 4 nitrogen and oxygen atoms in total. The molecule has 1 saturated carbocycles. The fraction of sp³-hybridized carbons (Fsp3) is 0.241. The molecule has 2 heterocycles. The lowest BCUT2D eigenvalue weighted by molar-refractivity contribution is 0.0635. The van der Waals surface area contributed by atoms with E-state index < -0.39 is 0 Å². The normalized spacial score (nSPS) is 17.6. The molecule has 164 valence electrons. The number of carbonyl (C=O) groups is 1. The van der Waals surface area contributed by atoms with Crippen LogP contribution < -0.4 is 0 Å². The highest BCUT2D eigenvalue weighted by atomic mass is 16.2. The van der Waals surface area contributed by atoms with Gasteiger partial charge in [-0.05, 0) is 55.4 Å². The lowest BCUT2D eigenvalue weighted by Crippen LogP contribution is -2.41. The molecule has 1 aromatic heterocycles. The fourth-order valence-corrected chi connectivity index (χ4v) is 5.27. The molecule has 1 amide bonds. The maximum atomic E-state index is 14.3. The van der Waals surface area contributed by atoms with Crippen molar-refractivity contribution in [3.63, 3.8) is 0 Å². The summed E-state index contributed by atoms with van der Waals surface area (Å²) >= 11 is 0. The van der Waals surface area contributed by atoms with E-state index in [1.54, 1.807) is 0 Å². The van der Waals surface area contributed by atoms with Crippen molar-refractivity contribution < 1.29 is 4.79 Å². The van der Waals surface area contributed by atoms with Crippen molar-refractivity contribution in [3.05, 3.63) is 107 Å². The van der Waals surface area contributed by atoms with Crippen LogP contribution >= 0.6 is 0 Å². The highest BCUT2D eigenvalue weighted by Crippen LogP contribution is 2.48. The Kier molecular flexibility index (Phi) is 4.87. The van der Waals surface area contributed by atoms with Crippen LogP contribution in [0.1, 0.15) is 46.1 Å². The summed E-state index contributed by atoms with van der Waals surface area (Å²) in [6, 6.07) is 29.0. The van der Waals surface area contributed by atoms with Crippen molar-refractivity contribution in [3.8, 4) is 16.9 Å². The first-order chi connectivity index (χ1) is 16.2. The Hall–Kier alpha value is -3.66. The minimum Gasteiger partial charge on any atom is -0.331 e. The second kappa shape index (κ2) is 8.04. The van der Waals surface area contributed by atoms with Crippen molar-refractivity contribution in [1.29, 1.82) is 0 Å². The summed E-state index contributed by atoms with van der Waals surface area (Å²) in [4.78, 5) is 16.4. The molecule has 4 aromatic rings. The first kappa shape index (κ1) is 20.0. The average molecular weight is 434 g/mol. The van der Waals surface area contributed by atoms with Gasteiger partial charge in [0.05, 0.1) is 23.0 Å². The van der Waals surface area contributed by atoms with Gasteiger partial charge in [0, 0.05) is 12.1 Å². The van der Waals surface area contributed by atoms with Gasteiger partial charge in [-0.25, -0.2) is 4.68 Å². The summed E-state index contributed by atoms with van der Waals surface area (Å²) < 4.78 is 1.92. The summed E-state index contributed by atoms with van der Waals surface area (Å²) in [6.45, 7) is 2.77. The van der Waals surface area contributed by atoms with E-state index in [1.165, 1.54) is 24.0 Å². The SMILES string of the molecule is Cc1c(C(=O)N2CCc3ccccc3C2C2CC2)c(-c2ccccc2)nn1-c1ccccc1. The van der Waals surface area contributed by atoms with E-state index in [1.807, 2.05) is 72.3 Å². The third kappa shape index (κ3) is 3.46. The fourth-order valence-electron chi connectivity index (χ4n) is 5.27. The molecule has 3 aromatic carbocycles. The topological polar surface area (TPSA) is 38.1 Å². The predicted octanol–water partition coefficient (Wildman–Crippen LogP) is 6.00. The van der Waals surface area contributed by atoms with E-state index in [-0.39, 0.29) is 11.9 Å². The molecule has 0 spiro atoms. The zero-order valence-electron chi connectivity index (χ0n) is 18.8. The number of rotatable bonds is 4. The first-order valence-electron chi connectivity index (χ1n) is 11.8. The van der Waals surface area contributed by atoms with Gasteiger partial charge in [0.2, 0.25) is 0 Å². The van der Waals surface area contributed by atoms with Crippen molar-refractivity contribution in [2.75, 3.05) is 6.54 Å². The number of hydrogen-bond donors (Lipinski definition) is 0. The highest BCUT2D eigenvalue weighted by molar-refractivity contribution is 6.01. The molecule has 1 fully saturated rings. The number of carbonyl (C=O) groups excluding carboxylic acids is 1. The van der Waals surface area contributed by atoms with Crippen molar-refractivity contribution in [1.82, 2.24) is 14.7 Å². The Morgan fingerprint density at radius 2 is 1.55 bits per heavy atom. The van der Waals surface area contributed by atoms with Crippen molar-refractivity contribution >= 4 is 5.91 Å². The maximum Gasteiger partial charge on any atom is 0.258 e. The summed E-state index contributed by atoms with van der Waals surface area (Å²) in [7, 11) is 0. The number of benzene rings is 3. The molecular weight excluding hydrogens is 406 g/mol. The Bertz CT molecular complexity index is 1310. The van der Waals surface area contributed by atoms with Gasteiger partial charge in [-0.3, -0.25) is 4.79 Å². The summed E-state index contributed by atoms with van der Waals surface area (Å²) in [5, 5.41) is 4.97. The molecule has 1 aliphatic heterocycles. The molecule has 0 saturated heterocycles. The van der Waals surface area contributed by atoms with Gasteiger partial charge in [0.25, 0.3) is 5.91 Å². The number of amides is 1. The number of nitrogens with zero attached hydrogens (tertiary/aromatic N) is 3. The average Bonchev–Trinajstić information content (AvgIpc) is 3.66. The number of aromatic nitrogens is 2. The standard InChI is InChI=1S/C29H27N3O/c1-20-26(27(22-11-4-2-5-12-22)30-32(20)24-13-6-3-7-14-24)29(33)31-19-18-21-10-8-9-15-25(21)28(31)23-16-17-23/h2-15,23,28H,16-19H2,1H3.